The van der Waals surface area contributed by atoms with Crippen molar-refractivity contribution in [2.24, 2.45) is 5.73 Å². The SMILES string of the molecule is CCCn1cc2ncc(C(N)=O)cc2n1. The Balaban J connectivity index is 2.47. The first kappa shape index (κ1) is 9.64. The first-order valence-electron chi connectivity index (χ1n) is 4.83. The zero-order valence-electron chi connectivity index (χ0n) is 8.47. The van der Waals surface area contributed by atoms with E-state index in [-0.39, 0.29) is 0 Å². The molecule has 2 aromatic rings. The van der Waals surface area contributed by atoms with Crippen molar-refractivity contribution in [3.05, 3.63) is 24.0 Å². The van der Waals surface area contributed by atoms with Crippen molar-refractivity contribution < 1.29 is 4.79 Å². The van der Waals surface area contributed by atoms with E-state index in [9.17, 15) is 4.79 Å². The molecule has 0 radical (unpaired) electrons. The molecule has 0 saturated heterocycles. The third-order valence-electron chi connectivity index (χ3n) is 2.14. The second kappa shape index (κ2) is 3.68. The molecule has 0 aliphatic rings. The van der Waals surface area contributed by atoms with Crippen LogP contribution >= 0.6 is 0 Å². The summed E-state index contributed by atoms with van der Waals surface area (Å²) in [7, 11) is 0. The minimum absolute atomic E-state index is 0.393. The number of fused-ring (bicyclic) bond motifs is 1. The van der Waals surface area contributed by atoms with Gasteiger partial charge in [-0.25, -0.2) is 0 Å². The molecule has 0 aromatic carbocycles. The number of carbonyl (C=O) groups is 1. The van der Waals surface area contributed by atoms with Crippen LogP contribution in [0.2, 0.25) is 0 Å². The average molecular weight is 204 g/mol. The van der Waals surface area contributed by atoms with E-state index < -0.39 is 5.91 Å². The van der Waals surface area contributed by atoms with Gasteiger partial charge in [-0.15, -0.1) is 0 Å². The summed E-state index contributed by atoms with van der Waals surface area (Å²) < 4.78 is 1.82. The minimum Gasteiger partial charge on any atom is -0.366 e. The monoisotopic (exact) mass is 204 g/mol. The van der Waals surface area contributed by atoms with Crippen molar-refractivity contribution in [2.45, 2.75) is 19.9 Å². The van der Waals surface area contributed by atoms with Crippen LogP contribution in [0.1, 0.15) is 23.7 Å². The van der Waals surface area contributed by atoms with E-state index in [0.717, 1.165) is 18.5 Å². The summed E-state index contributed by atoms with van der Waals surface area (Å²) in [5.41, 5.74) is 7.04. The Morgan fingerprint density at radius 2 is 2.33 bits per heavy atom. The fourth-order valence-electron chi connectivity index (χ4n) is 1.43. The Morgan fingerprint density at radius 1 is 1.53 bits per heavy atom. The summed E-state index contributed by atoms with van der Waals surface area (Å²) in [6.45, 7) is 2.93. The van der Waals surface area contributed by atoms with Gasteiger partial charge in [-0.05, 0) is 12.5 Å². The molecule has 2 N–H and O–H groups in total. The molecule has 2 rings (SSSR count). The van der Waals surface area contributed by atoms with Crippen LogP contribution < -0.4 is 5.73 Å². The maximum Gasteiger partial charge on any atom is 0.250 e. The molecule has 0 spiro atoms. The molecule has 0 atom stereocenters. The molecule has 2 aromatic heterocycles. The number of amides is 1. The third-order valence-corrected chi connectivity index (χ3v) is 2.14. The highest BCUT2D eigenvalue weighted by atomic mass is 16.1. The van der Waals surface area contributed by atoms with Gasteiger partial charge < -0.3 is 5.73 Å². The fraction of sp³-hybridized carbons (Fsp3) is 0.300. The Hall–Kier alpha value is -1.91. The Morgan fingerprint density at radius 3 is 3.00 bits per heavy atom. The van der Waals surface area contributed by atoms with Gasteiger partial charge in [0.05, 0.1) is 11.8 Å². The summed E-state index contributed by atoms with van der Waals surface area (Å²) in [5.74, 6) is -0.477. The van der Waals surface area contributed by atoms with Gasteiger partial charge in [0.25, 0.3) is 0 Å². The lowest BCUT2D eigenvalue weighted by Gasteiger charge is -1.93. The van der Waals surface area contributed by atoms with Gasteiger partial charge in [0, 0.05) is 12.7 Å². The quantitative estimate of drug-likeness (QED) is 0.808. The molecule has 5 heteroatoms. The molecule has 0 bridgehead atoms. The molecule has 5 nitrogen and oxygen atoms in total. The van der Waals surface area contributed by atoms with Gasteiger partial charge in [0.15, 0.2) is 0 Å². The smallest absolute Gasteiger partial charge is 0.250 e. The van der Waals surface area contributed by atoms with Crippen LogP contribution in [-0.2, 0) is 6.54 Å². The van der Waals surface area contributed by atoms with Crippen molar-refractivity contribution in [3.8, 4) is 0 Å². The maximum absolute atomic E-state index is 10.9. The lowest BCUT2D eigenvalue weighted by atomic mass is 10.2. The number of hydrogen-bond acceptors (Lipinski definition) is 3. The molecule has 0 fully saturated rings. The predicted molar refractivity (Wildman–Crippen MR) is 56.3 cm³/mol. The van der Waals surface area contributed by atoms with Crippen molar-refractivity contribution in [3.63, 3.8) is 0 Å². The van der Waals surface area contributed by atoms with Crippen LogP contribution in [0.3, 0.4) is 0 Å². The van der Waals surface area contributed by atoms with Crippen LogP contribution in [0.4, 0.5) is 0 Å². The number of nitrogens with two attached hydrogens (primary N) is 1. The van der Waals surface area contributed by atoms with Crippen molar-refractivity contribution >= 4 is 16.9 Å². The van der Waals surface area contributed by atoms with Crippen LogP contribution in [0.5, 0.6) is 0 Å². The van der Waals surface area contributed by atoms with Crippen molar-refractivity contribution in [1.29, 1.82) is 0 Å². The number of rotatable bonds is 3. The molecule has 0 aliphatic heterocycles. The van der Waals surface area contributed by atoms with Crippen molar-refractivity contribution in [1.82, 2.24) is 14.8 Å². The minimum atomic E-state index is -0.477. The second-order valence-corrected chi connectivity index (χ2v) is 3.38. The highest BCUT2D eigenvalue weighted by Gasteiger charge is 2.05. The van der Waals surface area contributed by atoms with Gasteiger partial charge in [-0.3, -0.25) is 14.5 Å². The van der Waals surface area contributed by atoms with Crippen LogP contribution in [0, 0.1) is 0 Å². The third kappa shape index (κ3) is 1.81. The van der Waals surface area contributed by atoms with Crippen LogP contribution in [0.15, 0.2) is 18.5 Å². The fourth-order valence-corrected chi connectivity index (χ4v) is 1.43. The molecular weight excluding hydrogens is 192 g/mol. The van der Waals surface area contributed by atoms with E-state index in [1.54, 1.807) is 6.07 Å². The van der Waals surface area contributed by atoms with Gasteiger partial charge in [-0.1, -0.05) is 6.92 Å². The standard InChI is InChI=1S/C10H12N4O/c1-2-3-14-6-9-8(13-14)4-7(5-12-9)10(11)15/h4-6H,2-3H2,1H3,(H2,11,15). The molecule has 15 heavy (non-hydrogen) atoms. The zero-order chi connectivity index (χ0) is 10.8. The number of nitrogens with zero attached hydrogens (tertiary/aromatic N) is 3. The summed E-state index contributed by atoms with van der Waals surface area (Å²) in [6, 6.07) is 1.66. The van der Waals surface area contributed by atoms with E-state index >= 15 is 0 Å². The Kier molecular flexibility index (Phi) is 2.37. The molecule has 0 unspecified atom stereocenters. The van der Waals surface area contributed by atoms with Gasteiger partial charge >= 0.3 is 0 Å². The number of primary amides is 1. The first-order chi connectivity index (χ1) is 7.20. The second-order valence-electron chi connectivity index (χ2n) is 3.38. The molecule has 1 amide bonds. The van der Waals surface area contributed by atoms with Crippen LogP contribution in [-0.4, -0.2) is 20.7 Å². The average Bonchev–Trinajstić information content (AvgIpc) is 2.59. The number of aryl methyl sites for hydroxylation is 1. The van der Waals surface area contributed by atoms with Gasteiger partial charge in [0.2, 0.25) is 5.91 Å². The lowest BCUT2D eigenvalue weighted by molar-refractivity contribution is 0.1000. The highest BCUT2D eigenvalue weighted by Crippen LogP contribution is 2.11. The van der Waals surface area contributed by atoms with E-state index in [1.807, 2.05) is 10.9 Å². The summed E-state index contributed by atoms with van der Waals surface area (Å²) in [5, 5.41) is 4.29. The van der Waals surface area contributed by atoms with Gasteiger partial charge in [-0.2, -0.15) is 5.10 Å². The summed E-state index contributed by atoms with van der Waals surface area (Å²) in [6.07, 6.45) is 4.35. The Bertz CT molecular complexity index is 503. The molecule has 2 heterocycles. The van der Waals surface area contributed by atoms with E-state index in [1.165, 1.54) is 6.20 Å². The largest absolute Gasteiger partial charge is 0.366 e. The molecule has 78 valence electrons. The topological polar surface area (TPSA) is 73.8 Å². The maximum atomic E-state index is 10.9. The number of hydrogen-bond donors (Lipinski definition) is 1. The van der Waals surface area contributed by atoms with E-state index in [0.29, 0.717) is 11.1 Å². The number of pyridine rings is 1. The van der Waals surface area contributed by atoms with E-state index in [4.69, 9.17) is 5.73 Å². The molecule has 0 aliphatic carbocycles. The lowest BCUT2D eigenvalue weighted by Crippen LogP contribution is -2.10. The normalized spacial score (nSPS) is 10.7. The summed E-state index contributed by atoms with van der Waals surface area (Å²) in [4.78, 5) is 15.0. The molecular formula is C10H12N4O. The van der Waals surface area contributed by atoms with E-state index in [2.05, 4.69) is 17.0 Å². The number of aromatic nitrogens is 3. The summed E-state index contributed by atoms with van der Waals surface area (Å²) >= 11 is 0. The predicted octanol–water partition coefficient (Wildman–Crippen LogP) is 0.940. The van der Waals surface area contributed by atoms with Crippen LogP contribution in [0.25, 0.3) is 11.0 Å². The highest BCUT2D eigenvalue weighted by molar-refractivity contribution is 5.95. The van der Waals surface area contributed by atoms with Gasteiger partial charge in [0.1, 0.15) is 11.0 Å². The van der Waals surface area contributed by atoms with Crippen molar-refractivity contribution in [2.75, 3.05) is 0 Å². The zero-order valence-corrected chi connectivity index (χ0v) is 8.47. The number of carbonyl (C=O) groups excluding carboxylic acids is 1. The Labute approximate surface area is 86.9 Å². The first-order valence-corrected chi connectivity index (χ1v) is 4.83. The molecule has 0 saturated carbocycles.